The molecule has 2 aromatic rings. The monoisotopic (exact) mass is 350 g/mol. The molecular formula is C24H30O2. The lowest BCUT2D eigenvalue weighted by molar-refractivity contribution is -0.140. The first-order valence-electron chi connectivity index (χ1n) is 9.72. The van der Waals surface area contributed by atoms with E-state index < -0.39 is 0 Å². The Bertz CT molecular complexity index is 727. The van der Waals surface area contributed by atoms with Crippen LogP contribution in [0.25, 0.3) is 11.1 Å². The van der Waals surface area contributed by atoms with Crippen LogP contribution in [0.4, 0.5) is 0 Å². The molecule has 0 heterocycles. The van der Waals surface area contributed by atoms with Crippen LogP contribution >= 0.6 is 0 Å². The van der Waals surface area contributed by atoms with Crippen molar-refractivity contribution < 1.29 is 9.53 Å². The van der Waals surface area contributed by atoms with Crippen LogP contribution in [-0.2, 0) is 4.79 Å². The van der Waals surface area contributed by atoms with E-state index in [2.05, 4.69) is 52.0 Å². The van der Waals surface area contributed by atoms with E-state index in [-0.39, 0.29) is 11.9 Å². The number of esters is 1. The van der Waals surface area contributed by atoms with Crippen LogP contribution in [0.1, 0.15) is 52.0 Å². The molecule has 2 nitrogen and oxygen atoms in total. The van der Waals surface area contributed by atoms with Crippen LogP contribution < -0.4 is 4.74 Å². The molecule has 2 aromatic carbocycles. The molecule has 1 saturated carbocycles. The molecule has 1 aliphatic carbocycles. The van der Waals surface area contributed by atoms with E-state index in [0.717, 1.165) is 31.2 Å². The van der Waals surface area contributed by atoms with Gasteiger partial charge in [0.15, 0.2) is 0 Å². The van der Waals surface area contributed by atoms with Crippen molar-refractivity contribution in [2.75, 3.05) is 0 Å². The molecule has 0 saturated heterocycles. The van der Waals surface area contributed by atoms with Crippen molar-refractivity contribution in [1.29, 1.82) is 0 Å². The smallest absolute Gasteiger partial charge is 0.314 e. The minimum absolute atomic E-state index is 0.0466. The fourth-order valence-corrected chi connectivity index (χ4v) is 3.86. The molecule has 0 N–H and O–H groups in total. The molecule has 0 atom stereocenters. The zero-order chi connectivity index (χ0) is 18.7. The summed E-state index contributed by atoms with van der Waals surface area (Å²) in [6.07, 6.45) is 4.13. The van der Waals surface area contributed by atoms with Crippen LogP contribution in [0, 0.1) is 24.2 Å². The topological polar surface area (TPSA) is 26.3 Å². The lowest BCUT2D eigenvalue weighted by Crippen LogP contribution is -2.30. The first kappa shape index (κ1) is 18.7. The Morgan fingerprint density at radius 3 is 1.85 bits per heavy atom. The molecule has 1 aliphatic rings. The minimum atomic E-state index is -0.0690. The predicted octanol–water partition coefficient (Wildman–Crippen LogP) is 6.42. The number of aryl methyl sites for hydroxylation is 1. The zero-order valence-electron chi connectivity index (χ0n) is 16.4. The number of carbonyl (C=O) groups excluding carboxylic acids is 1. The summed E-state index contributed by atoms with van der Waals surface area (Å²) in [6.45, 7) is 8.98. The third-order valence-corrected chi connectivity index (χ3v) is 5.74. The van der Waals surface area contributed by atoms with Crippen LogP contribution in [-0.4, -0.2) is 5.97 Å². The van der Waals surface area contributed by atoms with Gasteiger partial charge in [-0.2, -0.15) is 0 Å². The quantitative estimate of drug-likeness (QED) is 0.471. The van der Waals surface area contributed by atoms with Crippen molar-refractivity contribution in [3.63, 3.8) is 0 Å². The summed E-state index contributed by atoms with van der Waals surface area (Å²) in [6, 6.07) is 16.3. The zero-order valence-corrected chi connectivity index (χ0v) is 16.4. The average Bonchev–Trinajstić information content (AvgIpc) is 2.62. The van der Waals surface area contributed by atoms with Crippen molar-refractivity contribution in [3.8, 4) is 16.9 Å². The van der Waals surface area contributed by atoms with E-state index in [1.807, 2.05) is 24.3 Å². The van der Waals surface area contributed by atoms with Gasteiger partial charge in [0.05, 0.1) is 5.92 Å². The molecule has 0 unspecified atom stereocenters. The summed E-state index contributed by atoms with van der Waals surface area (Å²) in [4.78, 5) is 12.5. The molecule has 0 aliphatic heterocycles. The molecule has 0 spiro atoms. The third kappa shape index (κ3) is 4.55. The van der Waals surface area contributed by atoms with Crippen LogP contribution in [0.15, 0.2) is 48.5 Å². The molecule has 1 fully saturated rings. The van der Waals surface area contributed by atoms with Crippen molar-refractivity contribution in [1.82, 2.24) is 0 Å². The van der Waals surface area contributed by atoms with Gasteiger partial charge in [0.2, 0.25) is 0 Å². The number of ether oxygens (including phenoxy) is 1. The first-order chi connectivity index (χ1) is 12.3. The van der Waals surface area contributed by atoms with E-state index >= 15 is 0 Å². The standard InChI is InChI=1S/C24H30O2/c1-17-5-7-18(8-6-17)19-11-15-22(16-12-19)26-23(25)20-9-13-21(14-10-20)24(2,3)4/h5-8,11-12,15-16,20-21H,9-10,13-14H2,1-4H3. The predicted molar refractivity (Wildman–Crippen MR) is 107 cm³/mol. The van der Waals surface area contributed by atoms with Gasteiger partial charge in [-0.3, -0.25) is 4.79 Å². The lowest BCUT2D eigenvalue weighted by atomic mass is 9.70. The third-order valence-electron chi connectivity index (χ3n) is 5.74. The number of carbonyl (C=O) groups is 1. The maximum absolute atomic E-state index is 12.5. The average molecular weight is 351 g/mol. The van der Waals surface area contributed by atoms with Gasteiger partial charge in [-0.05, 0) is 67.2 Å². The Kier molecular flexibility index (Phi) is 5.50. The van der Waals surface area contributed by atoms with E-state index in [1.165, 1.54) is 11.1 Å². The number of hydrogen-bond acceptors (Lipinski definition) is 2. The van der Waals surface area contributed by atoms with Crippen molar-refractivity contribution in [2.45, 2.75) is 53.4 Å². The molecule has 2 heteroatoms. The summed E-state index contributed by atoms with van der Waals surface area (Å²) in [5, 5.41) is 0. The number of benzene rings is 2. The first-order valence-corrected chi connectivity index (χ1v) is 9.72. The summed E-state index contributed by atoms with van der Waals surface area (Å²) < 4.78 is 5.65. The summed E-state index contributed by atoms with van der Waals surface area (Å²) >= 11 is 0. The molecule has 138 valence electrons. The Morgan fingerprint density at radius 1 is 0.846 bits per heavy atom. The molecule has 3 rings (SSSR count). The second-order valence-corrected chi connectivity index (χ2v) is 8.73. The molecule has 0 aromatic heterocycles. The molecule has 26 heavy (non-hydrogen) atoms. The van der Waals surface area contributed by atoms with Crippen LogP contribution in [0.2, 0.25) is 0 Å². The van der Waals surface area contributed by atoms with Crippen LogP contribution in [0.5, 0.6) is 5.75 Å². The van der Waals surface area contributed by atoms with E-state index in [4.69, 9.17) is 4.74 Å². The molecule has 0 radical (unpaired) electrons. The minimum Gasteiger partial charge on any atom is -0.426 e. The Morgan fingerprint density at radius 2 is 1.35 bits per heavy atom. The highest BCUT2D eigenvalue weighted by atomic mass is 16.5. The van der Waals surface area contributed by atoms with E-state index in [1.54, 1.807) is 0 Å². The van der Waals surface area contributed by atoms with Crippen molar-refractivity contribution in [3.05, 3.63) is 54.1 Å². The second kappa shape index (κ2) is 7.65. The fourth-order valence-electron chi connectivity index (χ4n) is 3.86. The molecule has 0 amide bonds. The Hall–Kier alpha value is -2.09. The number of hydrogen-bond donors (Lipinski definition) is 0. The fraction of sp³-hybridized carbons (Fsp3) is 0.458. The Labute approximate surface area is 157 Å². The van der Waals surface area contributed by atoms with Crippen molar-refractivity contribution >= 4 is 5.97 Å². The van der Waals surface area contributed by atoms with Gasteiger partial charge in [0.25, 0.3) is 0 Å². The SMILES string of the molecule is Cc1ccc(-c2ccc(OC(=O)C3CCC(C(C)(C)C)CC3)cc2)cc1. The molecule has 0 bridgehead atoms. The highest BCUT2D eigenvalue weighted by Crippen LogP contribution is 2.40. The summed E-state index contributed by atoms with van der Waals surface area (Å²) in [5.41, 5.74) is 3.89. The van der Waals surface area contributed by atoms with Crippen LogP contribution in [0.3, 0.4) is 0 Å². The van der Waals surface area contributed by atoms with E-state index in [9.17, 15) is 4.79 Å². The second-order valence-electron chi connectivity index (χ2n) is 8.73. The normalized spacial score (nSPS) is 20.6. The number of rotatable bonds is 3. The largest absolute Gasteiger partial charge is 0.426 e. The lowest BCUT2D eigenvalue weighted by Gasteiger charge is -2.36. The maximum atomic E-state index is 12.5. The van der Waals surface area contributed by atoms with Gasteiger partial charge >= 0.3 is 5.97 Å². The van der Waals surface area contributed by atoms with Gasteiger partial charge in [0.1, 0.15) is 5.75 Å². The van der Waals surface area contributed by atoms with Gasteiger partial charge in [-0.25, -0.2) is 0 Å². The van der Waals surface area contributed by atoms with E-state index in [0.29, 0.717) is 17.1 Å². The molecular weight excluding hydrogens is 320 g/mol. The van der Waals surface area contributed by atoms with Gasteiger partial charge < -0.3 is 4.74 Å². The highest BCUT2D eigenvalue weighted by Gasteiger charge is 2.33. The Balaban J connectivity index is 1.57. The summed E-state index contributed by atoms with van der Waals surface area (Å²) in [5.74, 6) is 1.33. The van der Waals surface area contributed by atoms with Gasteiger partial charge in [-0.1, -0.05) is 62.7 Å². The van der Waals surface area contributed by atoms with Gasteiger partial charge in [-0.15, -0.1) is 0 Å². The maximum Gasteiger partial charge on any atom is 0.314 e. The van der Waals surface area contributed by atoms with Crippen molar-refractivity contribution in [2.24, 2.45) is 17.3 Å². The summed E-state index contributed by atoms with van der Waals surface area (Å²) in [7, 11) is 0. The van der Waals surface area contributed by atoms with Gasteiger partial charge in [0, 0.05) is 0 Å². The highest BCUT2D eigenvalue weighted by molar-refractivity contribution is 5.75.